The molecular formula is C22H25F4N3S. The summed E-state index contributed by atoms with van der Waals surface area (Å²) in [6, 6.07) is 0.906. The highest BCUT2D eigenvalue weighted by atomic mass is 32.1. The second kappa shape index (κ2) is 7.79. The van der Waals surface area contributed by atoms with Crippen LogP contribution in [0.3, 0.4) is 0 Å². The van der Waals surface area contributed by atoms with Crippen molar-refractivity contribution in [2.24, 2.45) is 11.8 Å². The molecule has 162 valence electrons. The maximum atomic E-state index is 14.2. The van der Waals surface area contributed by atoms with Crippen LogP contribution in [-0.4, -0.2) is 46.6 Å². The lowest BCUT2D eigenvalue weighted by molar-refractivity contribution is 0.0132. The molecule has 1 N–H and O–H groups in total. The van der Waals surface area contributed by atoms with Gasteiger partial charge in [0.25, 0.3) is 0 Å². The summed E-state index contributed by atoms with van der Waals surface area (Å²) in [4.78, 5) is 4.57. The van der Waals surface area contributed by atoms with E-state index in [1.54, 1.807) is 0 Å². The predicted molar refractivity (Wildman–Crippen MR) is 111 cm³/mol. The first-order chi connectivity index (χ1) is 14.4. The van der Waals surface area contributed by atoms with Crippen molar-refractivity contribution in [1.29, 1.82) is 0 Å². The molecule has 30 heavy (non-hydrogen) atoms. The molecule has 0 radical (unpaired) electrons. The van der Waals surface area contributed by atoms with Crippen molar-refractivity contribution < 1.29 is 17.6 Å². The number of nitrogens with one attached hydrogen (secondary N) is 1. The number of thiocarbonyl (C=S) groups is 1. The Hall–Kier alpha value is -1.67. The van der Waals surface area contributed by atoms with E-state index in [2.05, 4.69) is 16.3 Å². The van der Waals surface area contributed by atoms with Crippen molar-refractivity contribution in [2.45, 2.75) is 50.6 Å². The average Bonchev–Trinajstić information content (AvgIpc) is 2.75. The van der Waals surface area contributed by atoms with Crippen molar-refractivity contribution in [2.75, 3.05) is 25.0 Å². The van der Waals surface area contributed by atoms with Gasteiger partial charge >= 0.3 is 0 Å². The quantitative estimate of drug-likeness (QED) is 0.292. The van der Waals surface area contributed by atoms with Gasteiger partial charge in [-0.15, -0.1) is 0 Å². The van der Waals surface area contributed by atoms with E-state index < -0.39 is 29.0 Å². The SMILES string of the molecule is Fc1cc(F)c(F)c(NC(=S)N2CCCC3=CC4CC(CN5CCCCC45)C32)c1F. The highest BCUT2D eigenvalue weighted by Gasteiger charge is 2.46. The molecule has 3 heterocycles. The average molecular weight is 440 g/mol. The molecule has 3 nitrogen and oxygen atoms in total. The summed E-state index contributed by atoms with van der Waals surface area (Å²) in [5.41, 5.74) is 0.491. The number of halogens is 4. The van der Waals surface area contributed by atoms with Crippen molar-refractivity contribution in [3.05, 3.63) is 41.0 Å². The van der Waals surface area contributed by atoms with Gasteiger partial charge in [-0.3, -0.25) is 4.90 Å². The third-order valence-corrected chi connectivity index (χ3v) is 7.60. The number of piperidine rings is 3. The lowest BCUT2D eigenvalue weighted by Crippen LogP contribution is -2.60. The van der Waals surface area contributed by atoms with Gasteiger partial charge in [0.05, 0.1) is 6.04 Å². The van der Waals surface area contributed by atoms with Gasteiger partial charge in [0.2, 0.25) is 0 Å². The molecule has 0 aromatic heterocycles. The lowest BCUT2D eigenvalue weighted by Gasteiger charge is -2.55. The van der Waals surface area contributed by atoms with Crippen LogP contribution in [0.15, 0.2) is 17.7 Å². The number of benzene rings is 1. The Bertz CT molecular complexity index is 879. The van der Waals surface area contributed by atoms with Crippen LogP contribution in [0.5, 0.6) is 0 Å². The Labute approximate surface area is 179 Å². The highest BCUT2D eigenvalue weighted by Crippen LogP contribution is 2.45. The third-order valence-electron chi connectivity index (χ3n) is 7.26. The van der Waals surface area contributed by atoms with Crippen LogP contribution in [0.2, 0.25) is 0 Å². The molecule has 4 unspecified atom stereocenters. The van der Waals surface area contributed by atoms with Crippen molar-refractivity contribution >= 4 is 23.0 Å². The first-order valence-electron chi connectivity index (χ1n) is 10.8. The molecule has 1 aromatic carbocycles. The largest absolute Gasteiger partial charge is 0.342 e. The Morgan fingerprint density at radius 1 is 1.03 bits per heavy atom. The normalized spacial score (nSPS) is 30.9. The second-order valence-electron chi connectivity index (χ2n) is 8.97. The van der Waals surface area contributed by atoms with Crippen LogP contribution < -0.4 is 5.32 Å². The van der Waals surface area contributed by atoms with E-state index in [0.717, 1.165) is 32.4 Å². The molecule has 3 aliphatic heterocycles. The van der Waals surface area contributed by atoms with Gasteiger partial charge in [-0.05, 0) is 62.7 Å². The minimum atomic E-state index is -1.46. The zero-order chi connectivity index (χ0) is 21.0. The first kappa shape index (κ1) is 20.2. The molecule has 5 rings (SSSR count). The summed E-state index contributed by atoms with van der Waals surface area (Å²) < 4.78 is 55.5. The minimum absolute atomic E-state index is 0.0717. The minimum Gasteiger partial charge on any atom is -0.342 e. The number of likely N-dealkylation sites (tertiary alicyclic amines) is 1. The lowest BCUT2D eigenvalue weighted by atomic mass is 9.68. The molecule has 0 spiro atoms. The molecule has 3 saturated heterocycles. The number of anilines is 1. The molecule has 4 atom stereocenters. The zero-order valence-corrected chi connectivity index (χ0v) is 17.5. The van der Waals surface area contributed by atoms with Crippen molar-refractivity contribution in [3.8, 4) is 0 Å². The molecule has 8 heteroatoms. The van der Waals surface area contributed by atoms with Crippen LogP contribution >= 0.6 is 12.2 Å². The monoisotopic (exact) mass is 439 g/mol. The Morgan fingerprint density at radius 2 is 1.80 bits per heavy atom. The fourth-order valence-corrected chi connectivity index (χ4v) is 6.37. The summed E-state index contributed by atoms with van der Waals surface area (Å²) in [6.45, 7) is 2.77. The summed E-state index contributed by atoms with van der Waals surface area (Å²) in [6.07, 6.45) is 9.16. The third kappa shape index (κ3) is 3.32. The fraction of sp³-hybridized carbons (Fsp3) is 0.591. The number of fused-ring (bicyclic) bond motifs is 6. The Kier molecular flexibility index (Phi) is 5.25. The summed E-state index contributed by atoms with van der Waals surface area (Å²) in [7, 11) is 0. The molecule has 3 fully saturated rings. The van der Waals surface area contributed by atoms with E-state index >= 15 is 0 Å². The van der Waals surface area contributed by atoms with Gasteiger partial charge < -0.3 is 10.2 Å². The molecule has 0 saturated carbocycles. The van der Waals surface area contributed by atoms with E-state index in [-0.39, 0.29) is 17.2 Å². The van der Waals surface area contributed by atoms with Gasteiger partial charge in [-0.2, -0.15) is 0 Å². The van der Waals surface area contributed by atoms with Crippen LogP contribution in [0.1, 0.15) is 38.5 Å². The number of hydrogen-bond donors (Lipinski definition) is 1. The number of nitrogens with zero attached hydrogens (tertiary/aromatic N) is 2. The standard InChI is InChI=1S/C22H25F4N3S/c23-15-10-16(24)19(26)20(18(15)25)27-22(30)29-7-3-4-12-8-13-9-14(21(12)29)11-28-6-2-1-5-17(13)28/h8,10,13-14,17,21H,1-7,9,11H2,(H,27,30). The number of hydrogen-bond acceptors (Lipinski definition) is 2. The van der Waals surface area contributed by atoms with E-state index in [1.807, 2.05) is 4.90 Å². The fourth-order valence-electron chi connectivity index (χ4n) is 6.06. The second-order valence-corrected chi connectivity index (χ2v) is 9.36. The smallest absolute Gasteiger partial charge is 0.185 e. The van der Waals surface area contributed by atoms with Crippen LogP contribution in [0, 0.1) is 35.1 Å². The van der Waals surface area contributed by atoms with Crippen molar-refractivity contribution in [3.63, 3.8) is 0 Å². The highest BCUT2D eigenvalue weighted by molar-refractivity contribution is 7.80. The summed E-state index contributed by atoms with van der Waals surface area (Å²) in [5.74, 6) is -4.85. The molecule has 1 aliphatic carbocycles. The maximum absolute atomic E-state index is 14.2. The summed E-state index contributed by atoms with van der Waals surface area (Å²) in [5, 5.41) is 2.60. The van der Waals surface area contributed by atoms with Gasteiger partial charge in [-0.25, -0.2) is 17.6 Å². The van der Waals surface area contributed by atoms with Crippen molar-refractivity contribution in [1.82, 2.24) is 9.80 Å². The Morgan fingerprint density at radius 3 is 2.57 bits per heavy atom. The van der Waals surface area contributed by atoms with Gasteiger partial charge in [0, 0.05) is 25.2 Å². The summed E-state index contributed by atoms with van der Waals surface area (Å²) >= 11 is 5.49. The first-order valence-corrected chi connectivity index (χ1v) is 11.2. The maximum Gasteiger partial charge on any atom is 0.185 e. The van der Waals surface area contributed by atoms with Crippen LogP contribution in [0.25, 0.3) is 0 Å². The predicted octanol–water partition coefficient (Wildman–Crippen LogP) is 4.83. The molecule has 1 aromatic rings. The molecule has 0 amide bonds. The Balaban J connectivity index is 1.42. The van der Waals surface area contributed by atoms with Crippen LogP contribution in [0.4, 0.5) is 23.2 Å². The zero-order valence-electron chi connectivity index (χ0n) is 16.6. The topological polar surface area (TPSA) is 18.5 Å². The van der Waals surface area contributed by atoms with Gasteiger partial charge in [0.15, 0.2) is 28.4 Å². The van der Waals surface area contributed by atoms with E-state index in [9.17, 15) is 17.6 Å². The van der Waals surface area contributed by atoms with E-state index in [4.69, 9.17) is 12.2 Å². The molecular weight excluding hydrogens is 414 g/mol. The van der Waals surface area contributed by atoms with E-state index in [1.165, 1.54) is 24.8 Å². The van der Waals surface area contributed by atoms with Gasteiger partial charge in [-0.1, -0.05) is 18.1 Å². The van der Waals surface area contributed by atoms with Gasteiger partial charge in [0.1, 0.15) is 5.69 Å². The number of rotatable bonds is 1. The molecule has 4 aliphatic rings. The molecule has 2 bridgehead atoms. The van der Waals surface area contributed by atoms with Crippen LogP contribution in [-0.2, 0) is 0 Å². The van der Waals surface area contributed by atoms with E-state index in [0.29, 0.717) is 24.4 Å².